The summed E-state index contributed by atoms with van der Waals surface area (Å²) in [4.78, 5) is 11.5. The van der Waals surface area contributed by atoms with Crippen LogP contribution >= 0.6 is 17.5 Å². The van der Waals surface area contributed by atoms with Crippen LogP contribution in [0.25, 0.3) is 0 Å². The lowest BCUT2D eigenvalue weighted by Gasteiger charge is -2.34. The monoisotopic (exact) mass is 236 g/mol. The van der Waals surface area contributed by atoms with Gasteiger partial charge in [0, 0.05) is 19.1 Å². The Morgan fingerprint density at radius 2 is 2.29 bits per heavy atom. The molecule has 4 atom stereocenters. The molecule has 14 heavy (non-hydrogen) atoms. The smallest absolute Gasteiger partial charge is 0.312 e. The van der Waals surface area contributed by atoms with Gasteiger partial charge < -0.3 is 10.3 Å². The van der Waals surface area contributed by atoms with Crippen molar-refractivity contribution < 1.29 is 9.32 Å². The molecule has 0 amide bonds. The third-order valence-corrected chi connectivity index (χ3v) is 3.92. The second-order valence-electron chi connectivity index (χ2n) is 3.35. The maximum absolute atomic E-state index is 11.5. The zero-order valence-corrected chi connectivity index (χ0v) is 10.6. The van der Waals surface area contributed by atoms with Gasteiger partial charge in [0.05, 0.1) is 14.7 Å². The van der Waals surface area contributed by atoms with Gasteiger partial charge in [-0.3, -0.25) is 9.46 Å². The summed E-state index contributed by atoms with van der Waals surface area (Å²) in [5.74, 6) is -0.201. The Hall–Kier alpha value is 0.250. The largest absolute Gasteiger partial charge is 0.448 e. The lowest BCUT2D eigenvalue weighted by molar-refractivity contribution is -0.139. The minimum absolute atomic E-state index is 0.0555. The first-order valence-corrected chi connectivity index (χ1v) is 7.60. The molecule has 0 aromatic carbocycles. The molecule has 82 valence electrons. The molecule has 1 aliphatic heterocycles. The molecule has 0 bridgehead atoms. The minimum Gasteiger partial charge on any atom is -0.448 e. The Bertz CT molecular complexity index is 204. The van der Waals surface area contributed by atoms with Gasteiger partial charge in [-0.1, -0.05) is 8.73 Å². The maximum Gasteiger partial charge on any atom is 0.312 e. The van der Waals surface area contributed by atoms with Crippen LogP contribution < -0.4 is 5.73 Å². The zero-order valence-electron chi connectivity index (χ0n) is 8.62. The normalized spacial score (nSPS) is 30.5. The molecule has 0 aliphatic carbocycles. The fourth-order valence-electron chi connectivity index (χ4n) is 1.65. The van der Waals surface area contributed by atoms with E-state index in [1.54, 1.807) is 0 Å². The molecule has 2 N–H and O–H groups in total. The van der Waals surface area contributed by atoms with Crippen LogP contribution in [0.15, 0.2) is 0 Å². The second kappa shape index (κ2) is 5.97. The van der Waals surface area contributed by atoms with E-state index in [2.05, 4.69) is 11.3 Å². The molecule has 1 aliphatic rings. The fraction of sp³-hybridized carbons (Fsp3) is 0.875. The summed E-state index contributed by atoms with van der Waals surface area (Å²) < 4.78 is 7.31. The molecule has 1 saturated heterocycles. The average Bonchev–Trinajstić information content (AvgIpc) is 2.17. The van der Waals surface area contributed by atoms with E-state index < -0.39 is 0 Å². The SMILES string of the molecule is CPOC(=O)C1CCN(PC)CC1N. The maximum atomic E-state index is 11.5. The summed E-state index contributed by atoms with van der Waals surface area (Å²) in [6.07, 6.45) is 0.839. The van der Waals surface area contributed by atoms with Gasteiger partial charge in [-0.15, -0.1) is 0 Å². The molecule has 4 nitrogen and oxygen atoms in total. The highest BCUT2D eigenvalue weighted by Gasteiger charge is 2.32. The Morgan fingerprint density at radius 3 is 2.79 bits per heavy atom. The van der Waals surface area contributed by atoms with Gasteiger partial charge >= 0.3 is 5.97 Å². The van der Waals surface area contributed by atoms with Crippen molar-refractivity contribution in [1.29, 1.82) is 0 Å². The zero-order chi connectivity index (χ0) is 10.6. The number of piperidine rings is 1. The van der Waals surface area contributed by atoms with Gasteiger partial charge in [-0.2, -0.15) is 0 Å². The van der Waals surface area contributed by atoms with Crippen molar-refractivity contribution in [2.75, 3.05) is 26.4 Å². The molecule has 4 unspecified atom stereocenters. The van der Waals surface area contributed by atoms with Crippen molar-refractivity contribution in [3.05, 3.63) is 0 Å². The summed E-state index contributed by atoms with van der Waals surface area (Å²) in [7, 11) is 1.01. The molecule has 1 fully saturated rings. The lowest BCUT2D eigenvalue weighted by atomic mass is 9.94. The highest BCUT2D eigenvalue weighted by molar-refractivity contribution is 7.34. The first-order valence-electron chi connectivity index (χ1n) is 4.74. The summed E-state index contributed by atoms with van der Waals surface area (Å²) in [6, 6.07) is -0.0555. The van der Waals surface area contributed by atoms with Crippen LogP contribution in [0.5, 0.6) is 0 Å². The van der Waals surface area contributed by atoms with E-state index in [0.29, 0.717) is 0 Å². The van der Waals surface area contributed by atoms with Crippen molar-refractivity contribution in [2.24, 2.45) is 11.7 Å². The van der Waals surface area contributed by atoms with E-state index in [1.807, 2.05) is 6.66 Å². The Balaban J connectivity index is 2.45. The third kappa shape index (κ3) is 3.13. The highest BCUT2D eigenvalue weighted by atomic mass is 31.1. The Kier molecular flexibility index (Phi) is 5.25. The first-order chi connectivity index (χ1) is 6.69. The summed E-state index contributed by atoms with van der Waals surface area (Å²) in [6.45, 7) is 5.78. The van der Waals surface area contributed by atoms with E-state index in [-0.39, 0.29) is 26.7 Å². The van der Waals surface area contributed by atoms with E-state index in [1.165, 1.54) is 0 Å². The fourth-order valence-corrected chi connectivity index (χ4v) is 2.75. The van der Waals surface area contributed by atoms with Crippen molar-refractivity contribution in [2.45, 2.75) is 12.5 Å². The van der Waals surface area contributed by atoms with Crippen LogP contribution in [-0.2, 0) is 9.32 Å². The number of carbonyl (C=O) groups is 1. The van der Waals surface area contributed by atoms with Gasteiger partial charge in [-0.25, -0.2) is 0 Å². The quantitative estimate of drug-likeness (QED) is 0.730. The van der Waals surface area contributed by atoms with E-state index in [0.717, 1.165) is 28.2 Å². The summed E-state index contributed by atoms with van der Waals surface area (Å²) >= 11 is 0. The third-order valence-electron chi connectivity index (χ3n) is 2.48. The van der Waals surface area contributed by atoms with Gasteiger partial charge in [-0.05, 0) is 19.8 Å². The van der Waals surface area contributed by atoms with Gasteiger partial charge in [0.25, 0.3) is 0 Å². The first kappa shape index (κ1) is 12.3. The molecule has 0 radical (unpaired) electrons. The van der Waals surface area contributed by atoms with E-state index in [9.17, 15) is 4.79 Å². The molecule has 1 heterocycles. The number of rotatable bonds is 3. The molecule has 0 aromatic heterocycles. The number of hydrogen-bond donors (Lipinski definition) is 1. The minimum atomic E-state index is -0.114. The molecule has 6 heteroatoms. The standard InChI is InChI=1S/C8H18N2O2P2/c1-13-10-4-3-6(7(9)5-10)8(11)12-14-2/h6-7,13-14H,3-5,9H2,1-2H3. The summed E-state index contributed by atoms with van der Waals surface area (Å²) in [5, 5.41) is 0. The number of nitrogens with two attached hydrogens (primary N) is 1. The second-order valence-corrected chi connectivity index (χ2v) is 5.05. The number of carbonyl (C=O) groups excluding carboxylic acids is 1. The van der Waals surface area contributed by atoms with Crippen molar-refractivity contribution >= 4 is 23.5 Å². The van der Waals surface area contributed by atoms with Crippen LogP contribution in [0.2, 0.25) is 0 Å². The topological polar surface area (TPSA) is 55.6 Å². The molecular formula is C8H18N2O2P2. The van der Waals surface area contributed by atoms with Crippen LogP contribution in [-0.4, -0.2) is 43.1 Å². The van der Waals surface area contributed by atoms with Crippen molar-refractivity contribution in [3.63, 3.8) is 0 Å². The van der Waals surface area contributed by atoms with E-state index >= 15 is 0 Å². The number of hydrogen-bond acceptors (Lipinski definition) is 4. The molecule has 0 spiro atoms. The van der Waals surface area contributed by atoms with Gasteiger partial charge in [0.15, 0.2) is 0 Å². The van der Waals surface area contributed by atoms with Crippen LogP contribution in [0.4, 0.5) is 0 Å². The van der Waals surface area contributed by atoms with Gasteiger partial charge in [0.1, 0.15) is 0 Å². The Labute approximate surface area is 88.6 Å². The van der Waals surface area contributed by atoms with Crippen LogP contribution in [0, 0.1) is 5.92 Å². The van der Waals surface area contributed by atoms with E-state index in [4.69, 9.17) is 10.3 Å². The molecule has 1 rings (SSSR count). The highest BCUT2D eigenvalue weighted by Crippen LogP contribution is 2.25. The Morgan fingerprint density at radius 1 is 1.57 bits per heavy atom. The van der Waals surface area contributed by atoms with Gasteiger partial charge in [0.2, 0.25) is 0 Å². The van der Waals surface area contributed by atoms with Crippen molar-refractivity contribution in [3.8, 4) is 0 Å². The predicted molar refractivity (Wildman–Crippen MR) is 62.2 cm³/mol. The molecular weight excluding hydrogens is 218 g/mol. The van der Waals surface area contributed by atoms with Crippen LogP contribution in [0.1, 0.15) is 6.42 Å². The molecule has 0 saturated carbocycles. The molecule has 0 aromatic rings. The van der Waals surface area contributed by atoms with Crippen molar-refractivity contribution in [1.82, 2.24) is 4.67 Å². The van der Waals surface area contributed by atoms with Crippen LogP contribution in [0.3, 0.4) is 0 Å². The summed E-state index contributed by atoms with van der Waals surface area (Å²) in [5.41, 5.74) is 5.94. The predicted octanol–water partition coefficient (Wildman–Crippen LogP) is 0.625. The average molecular weight is 236 g/mol. The lowest BCUT2D eigenvalue weighted by Crippen LogP contribution is -2.48. The number of nitrogens with zero attached hydrogens (tertiary/aromatic N) is 1.